The van der Waals surface area contributed by atoms with Crippen LogP contribution in [0.15, 0.2) is 0 Å². The third-order valence-corrected chi connectivity index (χ3v) is 2.89. The van der Waals surface area contributed by atoms with Gasteiger partial charge in [-0.1, -0.05) is 33.1 Å². The first-order chi connectivity index (χ1) is 5.22. The van der Waals surface area contributed by atoms with Crippen molar-refractivity contribution in [3.8, 4) is 0 Å². The highest BCUT2D eigenvalue weighted by Gasteiger charge is 2.23. The molecule has 0 aliphatic heterocycles. The number of rotatable bonds is 1. The van der Waals surface area contributed by atoms with Crippen molar-refractivity contribution in [2.75, 3.05) is 0 Å². The molecular formula is C10H20O. The van der Waals surface area contributed by atoms with Gasteiger partial charge in [-0.2, -0.15) is 0 Å². The zero-order valence-corrected chi connectivity index (χ0v) is 7.71. The highest BCUT2D eigenvalue weighted by atomic mass is 16.3. The van der Waals surface area contributed by atoms with Crippen LogP contribution in [0.3, 0.4) is 0 Å². The Bertz CT molecular complexity index is 109. The van der Waals surface area contributed by atoms with Gasteiger partial charge in [0.25, 0.3) is 0 Å². The van der Waals surface area contributed by atoms with Gasteiger partial charge in [-0.15, -0.1) is 0 Å². The zero-order chi connectivity index (χ0) is 8.27. The van der Waals surface area contributed by atoms with E-state index in [9.17, 15) is 5.11 Å². The Balaban J connectivity index is 2.45. The van der Waals surface area contributed by atoms with Crippen molar-refractivity contribution in [1.29, 1.82) is 0 Å². The van der Waals surface area contributed by atoms with Crippen LogP contribution in [0.1, 0.15) is 46.0 Å². The maximum absolute atomic E-state index is 9.72. The molecular weight excluding hydrogens is 136 g/mol. The molecule has 0 heterocycles. The zero-order valence-electron chi connectivity index (χ0n) is 7.71. The maximum Gasteiger partial charge on any atom is 0.0570 e. The molecule has 66 valence electrons. The van der Waals surface area contributed by atoms with E-state index in [2.05, 4.69) is 13.8 Å². The Morgan fingerprint density at radius 1 is 1.09 bits per heavy atom. The standard InChI is InChI=1S/C10H20O/c1-8(2)9-6-4-3-5-7-10(9)11/h8-11H,3-7H2,1-2H3/t9-,10-/m1/s1. The van der Waals surface area contributed by atoms with Crippen LogP contribution in [-0.2, 0) is 0 Å². The second-order valence-electron chi connectivity index (χ2n) is 4.11. The molecule has 1 rings (SSSR count). The Kier molecular flexibility index (Phi) is 3.38. The van der Waals surface area contributed by atoms with Crippen LogP contribution in [0.25, 0.3) is 0 Å². The molecule has 0 radical (unpaired) electrons. The van der Waals surface area contributed by atoms with E-state index < -0.39 is 0 Å². The van der Waals surface area contributed by atoms with Crippen molar-refractivity contribution < 1.29 is 5.11 Å². The highest BCUT2D eigenvalue weighted by Crippen LogP contribution is 2.28. The Morgan fingerprint density at radius 3 is 2.36 bits per heavy atom. The Labute approximate surface area is 69.8 Å². The summed E-state index contributed by atoms with van der Waals surface area (Å²) in [5.74, 6) is 1.22. The third kappa shape index (κ3) is 2.48. The summed E-state index contributed by atoms with van der Waals surface area (Å²) in [5, 5.41) is 9.72. The van der Waals surface area contributed by atoms with Gasteiger partial charge in [-0.3, -0.25) is 0 Å². The van der Waals surface area contributed by atoms with Crippen molar-refractivity contribution in [3.63, 3.8) is 0 Å². The summed E-state index contributed by atoms with van der Waals surface area (Å²) in [5.41, 5.74) is 0. The topological polar surface area (TPSA) is 20.2 Å². The molecule has 0 bridgehead atoms. The lowest BCUT2D eigenvalue weighted by molar-refractivity contribution is 0.0755. The molecule has 1 heteroatoms. The summed E-state index contributed by atoms with van der Waals surface area (Å²) in [6, 6.07) is 0. The van der Waals surface area contributed by atoms with Gasteiger partial charge in [0.2, 0.25) is 0 Å². The molecule has 11 heavy (non-hydrogen) atoms. The lowest BCUT2D eigenvalue weighted by Gasteiger charge is -2.23. The largest absolute Gasteiger partial charge is 0.393 e. The third-order valence-electron chi connectivity index (χ3n) is 2.89. The van der Waals surface area contributed by atoms with Crippen LogP contribution in [0, 0.1) is 11.8 Å². The fraction of sp³-hybridized carbons (Fsp3) is 1.00. The van der Waals surface area contributed by atoms with Crippen LogP contribution >= 0.6 is 0 Å². The highest BCUT2D eigenvalue weighted by molar-refractivity contribution is 4.74. The summed E-state index contributed by atoms with van der Waals surface area (Å²) < 4.78 is 0. The van der Waals surface area contributed by atoms with E-state index in [0.717, 1.165) is 6.42 Å². The number of aliphatic hydroxyl groups is 1. The number of hydrogen-bond donors (Lipinski definition) is 1. The van der Waals surface area contributed by atoms with E-state index >= 15 is 0 Å². The van der Waals surface area contributed by atoms with Gasteiger partial charge in [-0.05, 0) is 24.7 Å². The van der Waals surface area contributed by atoms with Gasteiger partial charge in [0.1, 0.15) is 0 Å². The van der Waals surface area contributed by atoms with Gasteiger partial charge in [0.05, 0.1) is 6.10 Å². The van der Waals surface area contributed by atoms with Crippen LogP contribution in [0.4, 0.5) is 0 Å². The molecule has 1 saturated carbocycles. The molecule has 0 aromatic rings. The van der Waals surface area contributed by atoms with Crippen molar-refractivity contribution in [2.24, 2.45) is 11.8 Å². The van der Waals surface area contributed by atoms with E-state index in [1.807, 2.05) is 0 Å². The maximum atomic E-state index is 9.72. The van der Waals surface area contributed by atoms with Crippen molar-refractivity contribution >= 4 is 0 Å². The molecule has 1 aliphatic rings. The quantitative estimate of drug-likeness (QED) is 0.578. The summed E-state index contributed by atoms with van der Waals surface area (Å²) in [4.78, 5) is 0. The molecule has 0 unspecified atom stereocenters. The molecule has 0 saturated heterocycles. The van der Waals surface area contributed by atoms with Crippen LogP contribution in [-0.4, -0.2) is 11.2 Å². The summed E-state index contributed by atoms with van der Waals surface area (Å²) >= 11 is 0. The van der Waals surface area contributed by atoms with Gasteiger partial charge in [0.15, 0.2) is 0 Å². The second kappa shape index (κ2) is 4.10. The fourth-order valence-corrected chi connectivity index (χ4v) is 2.09. The fourth-order valence-electron chi connectivity index (χ4n) is 2.09. The van der Waals surface area contributed by atoms with Gasteiger partial charge in [0, 0.05) is 0 Å². The molecule has 0 amide bonds. The molecule has 1 nitrogen and oxygen atoms in total. The number of hydrogen-bond acceptors (Lipinski definition) is 1. The first-order valence-corrected chi connectivity index (χ1v) is 4.90. The normalized spacial score (nSPS) is 33.8. The van der Waals surface area contributed by atoms with Crippen molar-refractivity contribution in [3.05, 3.63) is 0 Å². The first kappa shape index (κ1) is 9.05. The van der Waals surface area contributed by atoms with E-state index in [1.54, 1.807) is 0 Å². The van der Waals surface area contributed by atoms with Crippen LogP contribution < -0.4 is 0 Å². The number of aliphatic hydroxyl groups excluding tert-OH is 1. The van der Waals surface area contributed by atoms with Crippen molar-refractivity contribution in [1.82, 2.24) is 0 Å². The van der Waals surface area contributed by atoms with Crippen LogP contribution in [0.5, 0.6) is 0 Å². The predicted octanol–water partition coefficient (Wildman–Crippen LogP) is 2.58. The second-order valence-corrected chi connectivity index (χ2v) is 4.11. The molecule has 0 spiro atoms. The minimum absolute atomic E-state index is 0.0162. The van der Waals surface area contributed by atoms with E-state index in [0.29, 0.717) is 11.8 Å². The molecule has 1 aliphatic carbocycles. The molecule has 1 fully saturated rings. The minimum Gasteiger partial charge on any atom is -0.393 e. The minimum atomic E-state index is -0.0162. The predicted molar refractivity (Wildman–Crippen MR) is 47.4 cm³/mol. The van der Waals surface area contributed by atoms with Crippen molar-refractivity contribution in [2.45, 2.75) is 52.1 Å². The van der Waals surface area contributed by atoms with E-state index in [4.69, 9.17) is 0 Å². The summed E-state index contributed by atoms with van der Waals surface area (Å²) in [7, 11) is 0. The van der Waals surface area contributed by atoms with E-state index in [-0.39, 0.29) is 6.10 Å². The molecule has 1 N–H and O–H groups in total. The SMILES string of the molecule is CC(C)[C@H]1CCCCC[C@H]1O. The lowest BCUT2D eigenvalue weighted by atomic mass is 9.87. The monoisotopic (exact) mass is 156 g/mol. The van der Waals surface area contributed by atoms with E-state index in [1.165, 1.54) is 25.7 Å². The van der Waals surface area contributed by atoms with Crippen LogP contribution in [0.2, 0.25) is 0 Å². The average Bonchev–Trinajstić information content (AvgIpc) is 2.13. The first-order valence-electron chi connectivity index (χ1n) is 4.90. The average molecular weight is 156 g/mol. The molecule has 0 aromatic heterocycles. The summed E-state index contributed by atoms with van der Waals surface area (Å²) in [6.45, 7) is 4.44. The van der Waals surface area contributed by atoms with Gasteiger partial charge < -0.3 is 5.11 Å². The lowest BCUT2D eigenvalue weighted by Crippen LogP contribution is -2.23. The summed E-state index contributed by atoms with van der Waals surface area (Å²) in [6.07, 6.45) is 6.12. The molecule has 2 atom stereocenters. The molecule has 0 aromatic carbocycles. The Hall–Kier alpha value is -0.0400. The van der Waals surface area contributed by atoms with Gasteiger partial charge >= 0.3 is 0 Å². The van der Waals surface area contributed by atoms with Gasteiger partial charge in [-0.25, -0.2) is 0 Å². The Morgan fingerprint density at radius 2 is 1.73 bits per heavy atom. The smallest absolute Gasteiger partial charge is 0.0570 e.